The molecule has 0 saturated carbocycles. The van der Waals surface area contributed by atoms with Crippen LogP contribution in [-0.2, 0) is 24.4 Å². The predicted molar refractivity (Wildman–Crippen MR) is 89.9 cm³/mol. The van der Waals surface area contributed by atoms with Crippen LogP contribution < -0.4 is 0 Å². The van der Waals surface area contributed by atoms with Crippen molar-refractivity contribution < 1.29 is 4.79 Å². The first kappa shape index (κ1) is 15.3. The minimum atomic E-state index is 0.109. The first-order chi connectivity index (χ1) is 11.7. The summed E-state index contributed by atoms with van der Waals surface area (Å²) in [4.78, 5) is 15.9. The number of benzene rings is 1. The Morgan fingerprint density at radius 3 is 2.79 bits per heavy atom. The number of rotatable bonds is 3. The summed E-state index contributed by atoms with van der Waals surface area (Å²) in [5.74, 6) is 2.09. The van der Waals surface area contributed by atoms with E-state index in [-0.39, 0.29) is 5.91 Å². The van der Waals surface area contributed by atoms with Crippen LogP contribution >= 0.6 is 0 Å². The van der Waals surface area contributed by atoms with Crippen LogP contribution in [0, 0.1) is 0 Å². The fourth-order valence-corrected chi connectivity index (χ4v) is 3.82. The molecule has 1 amide bonds. The molecule has 0 aliphatic carbocycles. The molecule has 126 valence electrons. The molecule has 0 radical (unpaired) electrons. The lowest BCUT2D eigenvalue weighted by molar-refractivity contribution is -0.130. The van der Waals surface area contributed by atoms with E-state index >= 15 is 0 Å². The van der Waals surface area contributed by atoms with Crippen molar-refractivity contribution in [3.63, 3.8) is 0 Å². The smallest absolute Gasteiger partial charge is 0.219 e. The molecule has 2 aliphatic heterocycles. The molecule has 2 aromatic rings. The molecule has 1 aromatic heterocycles. The lowest BCUT2D eigenvalue weighted by Crippen LogP contribution is -2.38. The van der Waals surface area contributed by atoms with Gasteiger partial charge in [0.25, 0.3) is 0 Å². The van der Waals surface area contributed by atoms with Crippen molar-refractivity contribution in [2.24, 2.45) is 0 Å². The van der Waals surface area contributed by atoms with E-state index in [1.54, 1.807) is 6.92 Å². The van der Waals surface area contributed by atoms with Gasteiger partial charge in [-0.25, -0.2) is 0 Å². The Morgan fingerprint density at radius 2 is 2.00 bits per heavy atom. The molecule has 1 saturated heterocycles. The van der Waals surface area contributed by atoms with Gasteiger partial charge < -0.3 is 9.47 Å². The zero-order valence-electron chi connectivity index (χ0n) is 14.1. The van der Waals surface area contributed by atoms with Gasteiger partial charge in [-0.3, -0.25) is 9.69 Å². The highest BCUT2D eigenvalue weighted by atomic mass is 16.2. The largest absolute Gasteiger partial charge is 0.334 e. The van der Waals surface area contributed by atoms with E-state index in [1.807, 2.05) is 4.90 Å². The molecular formula is C18H23N5O. The Morgan fingerprint density at radius 1 is 1.17 bits per heavy atom. The highest BCUT2D eigenvalue weighted by Gasteiger charge is 2.32. The van der Waals surface area contributed by atoms with Gasteiger partial charge in [0.1, 0.15) is 0 Å². The summed E-state index contributed by atoms with van der Waals surface area (Å²) in [5, 5.41) is 8.87. The molecule has 1 fully saturated rings. The number of nitrogens with zero attached hydrogens (tertiary/aromatic N) is 5. The van der Waals surface area contributed by atoms with E-state index in [2.05, 4.69) is 50.0 Å². The Kier molecular flexibility index (Phi) is 4.06. The van der Waals surface area contributed by atoms with Gasteiger partial charge in [-0.15, -0.1) is 10.2 Å². The highest BCUT2D eigenvalue weighted by Crippen LogP contribution is 2.33. The number of carbonyl (C=O) groups excluding carboxylic acids is 1. The summed E-state index contributed by atoms with van der Waals surface area (Å²) in [5.41, 5.74) is 1.34. The van der Waals surface area contributed by atoms with Crippen LogP contribution in [0.2, 0.25) is 0 Å². The second-order valence-corrected chi connectivity index (χ2v) is 6.68. The number of aromatic nitrogens is 3. The van der Waals surface area contributed by atoms with Gasteiger partial charge in [0.2, 0.25) is 5.91 Å². The van der Waals surface area contributed by atoms with E-state index in [0.29, 0.717) is 12.6 Å². The van der Waals surface area contributed by atoms with Crippen molar-refractivity contribution in [1.82, 2.24) is 24.6 Å². The summed E-state index contributed by atoms with van der Waals surface area (Å²) in [6.07, 6.45) is 2.32. The van der Waals surface area contributed by atoms with Crippen molar-refractivity contribution in [3.8, 4) is 0 Å². The molecule has 1 aromatic carbocycles. The maximum Gasteiger partial charge on any atom is 0.219 e. The van der Waals surface area contributed by atoms with Crippen LogP contribution in [0.5, 0.6) is 0 Å². The van der Waals surface area contributed by atoms with E-state index in [9.17, 15) is 4.79 Å². The first-order valence-electron chi connectivity index (χ1n) is 8.68. The Hall–Kier alpha value is -2.21. The van der Waals surface area contributed by atoms with Crippen LogP contribution in [0.25, 0.3) is 0 Å². The van der Waals surface area contributed by atoms with Crippen LogP contribution in [0.3, 0.4) is 0 Å². The first-order valence-corrected chi connectivity index (χ1v) is 8.68. The van der Waals surface area contributed by atoms with Gasteiger partial charge in [0.15, 0.2) is 11.6 Å². The third-order valence-electron chi connectivity index (χ3n) is 5.12. The van der Waals surface area contributed by atoms with Crippen LogP contribution in [0.15, 0.2) is 30.3 Å². The van der Waals surface area contributed by atoms with Crippen LogP contribution in [0.1, 0.15) is 43.0 Å². The summed E-state index contributed by atoms with van der Waals surface area (Å²) in [6, 6.07) is 10.9. The molecule has 2 aliphatic rings. The third-order valence-corrected chi connectivity index (χ3v) is 5.12. The van der Waals surface area contributed by atoms with Crippen molar-refractivity contribution in [1.29, 1.82) is 0 Å². The van der Waals surface area contributed by atoms with E-state index in [4.69, 9.17) is 0 Å². The second-order valence-electron chi connectivity index (χ2n) is 6.68. The maximum atomic E-state index is 11.6. The van der Waals surface area contributed by atoms with Crippen molar-refractivity contribution in [2.45, 2.75) is 45.4 Å². The highest BCUT2D eigenvalue weighted by molar-refractivity contribution is 5.73. The molecule has 4 rings (SSSR count). The molecule has 6 heteroatoms. The molecule has 3 heterocycles. The number of likely N-dealkylation sites (tertiary alicyclic amines) is 1. The minimum absolute atomic E-state index is 0.109. The standard InChI is InChI=1S/C18H23N5O/c1-14(24)21-10-11-23-17(13-21)19-20-18(23)16-8-5-9-22(16)12-15-6-3-2-4-7-15/h2-4,6-7,16H,5,8-13H2,1H3/t16-/m0/s1. The SMILES string of the molecule is CC(=O)N1CCn2c(nnc2[C@@H]2CCCN2Cc2ccccc2)C1. The zero-order chi connectivity index (χ0) is 16.5. The molecule has 24 heavy (non-hydrogen) atoms. The fourth-order valence-electron chi connectivity index (χ4n) is 3.82. The van der Waals surface area contributed by atoms with Gasteiger partial charge in [-0.2, -0.15) is 0 Å². The normalized spacial score (nSPS) is 21.0. The third kappa shape index (κ3) is 2.82. The van der Waals surface area contributed by atoms with Gasteiger partial charge in [0, 0.05) is 26.6 Å². The topological polar surface area (TPSA) is 54.3 Å². The average molecular weight is 325 g/mol. The summed E-state index contributed by atoms with van der Waals surface area (Å²) < 4.78 is 2.23. The van der Waals surface area contributed by atoms with Crippen molar-refractivity contribution >= 4 is 5.91 Å². The Balaban J connectivity index is 1.54. The number of hydrogen-bond donors (Lipinski definition) is 0. The number of amides is 1. The summed E-state index contributed by atoms with van der Waals surface area (Å²) in [6.45, 7) is 5.79. The van der Waals surface area contributed by atoms with Gasteiger partial charge in [-0.1, -0.05) is 30.3 Å². The fraction of sp³-hybridized carbons (Fsp3) is 0.500. The molecule has 6 nitrogen and oxygen atoms in total. The van der Waals surface area contributed by atoms with E-state index in [0.717, 1.165) is 44.2 Å². The molecule has 0 bridgehead atoms. The summed E-state index contributed by atoms with van der Waals surface area (Å²) >= 11 is 0. The molecule has 0 spiro atoms. The quantitative estimate of drug-likeness (QED) is 0.866. The number of hydrogen-bond acceptors (Lipinski definition) is 4. The Labute approximate surface area is 142 Å². The van der Waals surface area contributed by atoms with Gasteiger partial charge in [-0.05, 0) is 24.9 Å². The maximum absolute atomic E-state index is 11.6. The van der Waals surface area contributed by atoms with Crippen LogP contribution in [0.4, 0.5) is 0 Å². The van der Waals surface area contributed by atoms with E-state index in [1.165, 1.54) is 12.0 Å². The zero-order valence-corrected chi connectivity index (χ0v) is 14.1. The van der Waals surface area contributed by atoms with Crippen LogP contribution in [-0.4, -0.2) is 43.6 Å². The van der Waals surface area contributed by atoms with Gasteiger partial charge >= 0.3 is 0 Å². The minimum Gasteiger partial charge on any atom is -0.334 e. The van der Waals surface area contributed by atoms with Crippen molar-refractivity contribution in [2.75, 3.05) is 13.1 Å². The van der Waals surface area contributed by atoms with Crippen molar-refractivity contribution in [3.05, 3.63) is 47.5 Å². The average Bonchev–Trinajstić information content (AvgIpc) is 3.21. The Bertz CT molecular complexity index is 726. The lowest BCUT2D eigenvalue weighted by atomic mass is 10.1. The van der Waals surface area contributed by atoms with E-state index < -0.39 is 0 Å². The molecular weight excluding hydrogens is 302 g/mol. The second kappa shape index (κ2) is 6.36. The van der Waals surface area contributed by atoms with Gasteiger partial charge in [0.05, 0.1) is 12.6 Å². The molecule has 0 unspecified atom stereocenters. The number of carbonyl (C=O) groups is 1. The monoisotopic (exact) mass is 325 g/mol. The molecule has 1 atom stereocenters. The summed E-state index contributed by atoms with van der Waals surface area (Å²) in [7, 11) is 0. The predicted octanol–water partition coefficient (Wildman–Crippen LogP) is 1.98. The molecule has 0 N–H and O–H groups in total. The lowest BCUT2D eigenvalue weighted by Gasteiger charge is -2.29. The number of fused-ring (bicyclic) bond motifs is 1.